The number of hydrogen-bond donors (Lipinski definition) is 6. The number of allylic oxidation sites excluding steroid dienone is 5. The van der Waals surface area contributed by atoms with E-state index in [1.165, 1.54) is 340 Å². The van der Waals surface area contributed by atoms with Crippen molar-refractivity contribution in [1.82, 2.24) is 5.32 Å². The Morgan fingerprint density at radius 3 is 0.955 bits per heavy atom. The minimum atomic E-state index is -1.58. The molecule has 9 heteroatoms. The van der Waals surface area contributed by atoms with Crippen LogP contribution in [0.3, 0.4) is 0 Å². The summed E-state index contributed by atoms with van der Waals surface area (Å²) in [5.74, 6) is -0.182. The molecule has 7 unspecified atom stereocenters. The molecule has 1 fully saturated rings. The summed E-state index contributed by atoms with van der Waals surface area (Å²) in [6.45, 7) is 3.83. The van der Waals surface area contributed by atoms with Crippen molar-refractivity contribution in [3.8, 4) is 0 Å². The average molecular weight is 1240 g/mol. The maximum Gasteiger partial charge on any atom is 0.220 e. The molecule has 7 atom stereocenters. The van der Waals surface area contributed by atoms with E-state index >= 15 is 0 Å². The zero-order chi connectivity index (χ0) is 63.5. The quantitative estimate of drug-likeness (QED) is 0.0261. The van der Waals surface area contributed by atoms with Crippen LogP contribution in [0, 0.1) is 0 Å². The molecule has 6 N–H and O–H groups in total. The third-order valence-corrected chi connectivity index (χ3v) is 18.9. The fraction of sp³-hybridized carbons (Fsp3) is 0.911. The predicted molar refractivity (Wildman–Crippen MR) is 378 cm³/mol. The standard InChI is InChI=1S/C79H151NO8/c1-3-5-7-9-11-13-15-17-19-21-23-25-27-29-31-33-35-37-38-40-42-44-46-48-50-52-54-56-58-60-62-64-66-68-73(82)72(71-87-79-78(86)77(85)76(84)74(70-81)88-79)80-75(83)69-67-65-63-61-59-57-55-53-51-49-47-45-43-41-39-36-34-32-30-28-26-24-22-20-18-16-14-12-10-8-6-4-2/h50,52,58,60,66,68,72-74,76-79,81-82,84-86H,3-49,51,53-57,59,61-65,67,69-71H2,1-2H3,(H,80,83)/b52-50+,60-58+,68-66+. The Balaban J connectivity index is 2.10. The first-order chi connectivity index (χ1) is 43.3. The maximum absolute atomic E-state index is 13.2. The largest absolute Gasteiger partial charge is 0.394 e. The number of carbonyl (C=O) groups excluding carboxylic acids is 1. The zero-order valence-corrected chi connectivity index (χ0v) is 58.5. The zero-order valence-electron chi connectivity index (χ0n) is 58.5. The highest BCUT2D eigenvalue weighted by Crippen LogP contribution is 2.24. The minimum Gasteiger partial charge on any atom is -0.394 e. The Labute approximate surface area is 546 Å². The van der Waals surface area contributed by atoms with Gasteiger partial charge in [0.25, 0.3) is 0 Å². The summed E-state index contributed by atoms with van der Waals surface area (Å²) in [5, 5.41) is 54.8. The number of hydrogen-bond acceptors (Lipinski definition) is 8. The number of unbranched alkanes of at least 4 members (excludes halogenated alkanes) is 56. The number of ether oxygens (including phenoxy) is 2. The summed E-state index contributed by atoms with van der Waals surface area (Å²) in [6, 6.07) is -0.829. The van der Waals surface area contributed by atoms with Gasteiger partial charge < -0.3 is 40.3 Å². The van der Waals surface area contributed by atoms with Gasteiger partial charge >= 0.3 is 0 Å². The Hall–Kier alpha value is -1.59. The topological polar surface area (TPSA) is 149 Å². The van der Waals surface area contributed by atoms with Crippen LogP contribution < -0.4 is 5.32 Å². The van der Waals surface area contributed by atoms with Crippen molar-refractivity contribution in [2.45, 2.75) is 448 Å². The SMILES string of the molecule is CCCCCCCCCCCCCCCCCCCCCCCCC/C=C/CC/C=C/CC/C=C/C(O)C(COC1OC(CO)C(O)C(O)C1O)NC(=O)CCCCCCCCCCCCCCCCCCCCCCCCCCCCCCCCCC. The average Bonchev–Trinajstić information content (AvgIpc) is 3.70. The van der Waals surface area contributed by atoms with E-state index in [0.717, 1.165) is 44.9 Å². The molecule has 1 amide bonds. The van der Waals surface area contributed by atoms with Gasteiger partial charge in [0.05, 0.1) is 25.4 Å². The van der Waals surface area contributed by atoms with Crippen LogP contribution in [0.4, 0.5) is 0 Å². The van der Waals surface area contributed by atoms with Crippen molar-refractivity contribution in [2.75, 3.05) is 13.2 Å². The second-order valence-electron chi connectivity index (χ2n) is 27.5. The van der Waals surface area contributed by atoms with E-state index in [9.17, 15) is 30.3 Å². The first-order valence-corrected chi connectivity index (χ1v) is 39.2. The van der Waals surface area contributed by atoms with E-state index < -0.39 is 49.5 Å². The van der Waals surface area contributed by atoms with Crippen molar-refractivity contribution in [1.29, 1.82) is 0 Å². The van der Waals surface area contributed by atoms with E-state index in [-0.39, 0.29) is 12.5 Å². The Bertz CT molecular complexity index is 1490. The van der Waals surface area contributed by atoms with Crippen LogP contribution in [0.15, 0.2) is 36.5 Å². The first-order valence-electron chi connectivity index (χ1n) is 39.2. The molecular formula is C79H151NO8. The fourth-order valence-corrected chi connectivity index (χ4v) is 12.8. The molecule has 0 radical (unpaired) electrons. The third-order valence-electron chi connectivity index (χ3n) is 18.9. The number of carbonyl (C=O) groups is 1. The monoisotopic (exact) mass is 1240 g/mol. The number of aliphatic hydroxyl groups is 5. The molecule has 1 rings (SSSR count). The van der Waals surface area contributed by atoms with E-state index in [1.54, 1.807) is 6.08 Å². The molecule has 9 nitrogen and oxygen atoms in total. The highest BCUT2D eigenvalue weighted by atomic mass is 16.7. The van der Waals surface area contributed by atoms with Crippen molar-refractivity contribution >= 4 is 5.91 Å². The van der Waals surface area contributed by atoms with Crippen LogP contribution >= 0.6 is 0 Å². The maximum atomic E-state index is 13.2. The lowest BCUT2D eigenvalue weighted by Gasteiger charge is -2.40. The smallest absolute Gasteiger partial charge is 0.220 e. The summed E-state index contributed by atoms with van der Waals surface area (Å²) >= 11 is 0. The third kappa shape index (κ3) is 56.0. The molecule has 520 valence electrons. The fourth-order valence-electron chi connectivity index (χ4n) is 12.8. The lowest BCUT2D eigenvalue weighted by molar-refractivity contribution is -0.302. The number of aliphatic hydroxyl groups excluding tert-OH is 5. The Morgan fingerprint density at radius 1 is 0.375 bits per heavy atom. The van der Waals surface area contributed by atoms with Gasteiger partial charge in [-0.2, -0.15) is 0 Å². The highest BCUT2D eigenvalue weighted by Gasteiger charge is 2.44. The molecule has 0 saturated carbocycles. The van der Waals surface area contributed by atoms with Gasteiger partial charge in [-0.15, -0.1) is 0 Å². The van der Waals surface area contributed by atoms with Crippen LogP contribution in [0.1, 0.15) is 406 Å². The number of nitrogens with one attached hydrogen (secondary N) is 1. The van der Waals surface area contributed by atoms with Crippen molar-refractivity contribution in [2.24, 2.45) is 0 Å². The van der Waals surface area contributed by atoms with E-state index in [2.05, 4.69) is 43.5 Å². The molecule has 0 bridgehead atoms. The summed E-state index contributed by atoms with van der Waals surface area (Å²) in [6.07, 6.45) is 85.9. The molecule has 1 heterocycles. The molecule has 1 aliphatic rings. The summed E-state index contributed by atoms with van der Waals surface area (Å²) in [4.78, 5) is 13.2. The number of rotatable bonds is 70. The predicted octanol–water partition coefficient (Wildman–Crippen LogP) is 22.2. The lowest BCUT2D eigenvalue weighted by Crippen LogP contribution is -2.60. The molecular weight excluding hydrogens is 1090 g/mol. The highest BCUT2D eigenvalue weighted by molar-refractivity contribution is 5.76. The summed E-state index contributed by atoms with van der Waals surface area (Å²) in [5.41, 5.74) is 0. The summed E-state index contributed by atoms with van der Waals surface area (Å²) in [7, 11) is 0. The summed E-state index contributed by atoms with van der Waals surface area (Å²) < 4.78 is 11.3. The Kier molecular flexibility index (Phi) is 65.5. The lowest BCUT2D eigenvalue weighted by atomic mass is 9.99. The second kappa shape index (κ2) is 68.3. The number of amides is 1. The molecule has 88 heavy (non-hydrogen) atoms. The van der Waals surface area contributed by atoms with Gasteiger partial charge in [-0.05, 0) is 44.9 Å². The van der Waals surface area contributed by atoms with Gasteiger partial charge in [-0.3, -0.25) is 4.79 Å². The van der Waals surface area contributed by atoms with Crippen molar-refractivity contribution < 1.29 is 39.8 Å². The van der Waals surface area contributed by atoms with Crippen LogP contribution in [-0.4, -0.2) is 87.5 Å². The normalized spacial score (nSPS) is 18.0. The van der Waals surface area contributed by atoms with Gasteiger partial charge in [0.15, 0.2) is 6.29 Å². The molecule has 1 saturated heterocycles. The van der Waals surface area contributed by atoms with E-state index in [1.807, 2.05) is 6.08 Å². The molecule has 0 spiro atoms. The van der Waals surface area contributed by atoms with Crippen LogP contribution in [0.5, 0.6) is 0 Å². The van der Waals surface area contributed by atoms with Crippen LogP contribution in [-0.2, 0) is 14.3 Å². The van der Waals surface area contributed by atoms with Gasteiger partial charge in [0.1, 0.15) is 24.4 Å². The van der Waals surface area contributed by atoms with Crippen molar-refractivity contribution in [3.05, 3.63) is 36.5 Å². The van der Waals surface area contributed by atoms with E-state index in [4.69, 9.17) is 9.47 Å². The van der Waals surface area contributed by atoms with E-state index in [0.29, 0.717) is 6.42 Å². The first kappa shape index (κ1) is 84.4. The molecule has 0 aromatic heterocycles. The van der Waals surface area contributed by atoms with Gasteiger partial charge in [-0.25, -0.2) is 0 Å². The molecule has 0 aliphatic carbocycles. The Morgan fingerprint density at radius 2 is 0.648 bits per heavy atom. The van der Waals surface area contributed by atoms with Gasteiger partial charge in [0.2, 0.25) is 5.91 Å². The van der Waals surface area contributed by atoms with Gasteiger partial charge in [0, 0.05) is 6.42 Å². The molecule has 0 aromatic carbocycles. The van der Waals surface area contributed by atoms with Crippen molar-refractivity contribution in [3.63, 3.8) is 0 Å². The second-order valence-corrected chi connectivity index (χ2v) is 27.5. The van der Waals surface area contributed by atoms with Crippen LogP contribution in [0.2, 0.25) is 0 Å². The van der Waals surface area contributed by atoms with Crippen LogP contribution in [0.25, 0.3) is 0 Å². The molecule has 1 aliphatic heterocycles. The minimum absolute atomic E-state index is 0.182. The van der Waals surface area contributed by atoms with Gasteiger partial charge in [-0.1, -0.05) is 391 Å². The molecule has 0 aromatic rings.